The van der Waals surface area contributed by atoms with E-state index < -0.39 is 29.9 Å². The van der Waals surface area contributed by atoms with E-state index in [-0.39, 0.29) is 24.9 Å². The van der Waals surface area contributed by atoms with Gasteiger partial charge >= 0.3 is 5.97 Å². The summed E-state index contributed by atoms with van der Waals surface area (Å²) in [5.74, 6) is -2.44. The molecule has 4 atom stereocenters. The van der Waals surface area contributed by atoms with Gasteiger partial charge < -0.3 is 26.2 Å². The minimum Gasteiger partial charge on any atom is -0.480 e. The fourth-order valence-electron chi connectivity index (χ4n) is 3.87. The zero-order valence-corrected chi connectivity index (χ0v) is 19.0. The number of nitrogens with one attached hydrogen (secondary N) is 3. The number of aliphatic carboxylic acids is 1. The number of halogens is 1. The molecule has 0 saturated heterocycles. The maximum Gasteiger partial charge on any atom is 0.328 e. The maximum atomic E-state index is 12.8. The van der Waals surface area contributed by atoms with Crippen LogP contribution in [-0.4, -0.2) is 52.7 Å². The number of carboxylic acids is 1. The number of amides is 2. The normalized spacial score (nSPS) is 17.8. The van der Waals surface area contributed by atoms with Gasteiger partial charge in [-0.05, 0) is 42.2 Å². The quantitative estimate of drug-likeness (QED) is 0.376. The molecule has 176 valence electrons. The van der Waals surface area contributed by atoms with Gasteiger partial charge in [-0.25, -0.2) is 4.79 Å². The van der Waals surface area contributed by atoms with Gasteiger partial charge in [-0.15, -0.1) is 0 Å². The van der Waals surface area contributed by atoms with Gasteiger partial charge in [-0.2, -0.15) is 0 Å². The number of carboxylic acid groups (broad SMARTS) is 1. The third-order valence-corrected chi connectivity index (χ3v) is 6.01. The number of hydrogen-bond acceptors (Lipinski definition) is 5. The van der Waals surface area contributed by atoms with E-state index in [0.717, 1.165) is 11.1 Å². The van der Waals surface area contributed by atoms with Crippen molar-refractivity contribution in [2.45, 2.75) is 50.4 Å². The molecule has 0 aliphatic carbocycles. The summed E-state index contributed by atoms with van der Waals surface area (Å²) in [6.45, 7) is 2.08. The van der Waals surface area contributed by atoms with E-state index in [4.69, 9.17) is 11.6 Å². The highest BCUT2D eigenvalue weighted by Gasteiger charge is 2.28. The fraction of sp³-hybridized carbons (Fsp3) is 0.375. The Bertz CT molecular complexity index is 996. The van der Waals surface area contributed by atoms with E-state index >= 15 is 0 Å². The van der Waals surface area contributed by atoms with Crippen molar-refractivity contribution >= 4 is 29.4 Å². The first-order chi connectivity index (χ1) is 15.7. The van der Waals surface area contributed by atoms with Gasteiger partial charge in [-0.3, -0.25) is 9.59 Å². The van der Waals surface area contributed by atoms with Gasteiger partial charge in [0.25, 0.3) is 0 Å². The van der Waals surface area contributed by atoms with Crippen LogP contribution in [0.4, 0.5) is 0 Å². The Labute approximate surface area is 197 Å². The molecule has 0 fully saturated rings. The van der Waals surface area contributed by atoms with Crippen LogP contribution in [0.25, 0.3) is 0 Å². The number of aliphatic hydroxyl groups is 1. The number of hydrogen-bond donors (Lipinski definition) is 5. The number of aliphatic hydroxyl groups excluding tert-OH is 1. The van der Waals surface area contributed by atoms with E-state index in [1.54, 1.807) is 24.3 Å². The summed E-state index contributed by atoms with van der Waals surface area (Å²) in [5.41, 5.74) is 3.08. The highest BCUT2D eigenvalue weighted by Crippen LogP contribution is 2.22. The second-order valence-corrected chi connectivity index (χ2v) is 8.66. The highest BCUT2D eigenvalue weighted by atomic mass is 35.5. The molecule has 0 radical (unpaired) electrons. The lowest BCUT2D eigenvalue weighted by atomic mass is 9.93. The molecule has 0 aromatic heterocycles. The van der Waals surface area contributed by atoms with Crippen molar-refractivity contribution in [3.05, 3.63) is 70.2 Å². The average molecular weight is 474 g/mol. The Morgan fingerprint density at radius 3 is 2.42 bits per heavy atom. The standard InChI is InChI=1S/C24H28ClN3O5/c1-14(29)22(24(32)33)28-21(30)11-18(15-6-8-19(25)9-7-15)13-27-23(31)20-10-16-4-2-3-5-17(16)12-26-20/h2-9,14,18,20,22,26,29H,10-13H2,1H3,(H,27,31)(H,28,30)(H,32,33)/t14-,18+,20-,22-/m1/s1. The minimum absolute atomic E-state index is 0.0701. The van der Waals surface area contributed by atoms with E-state index in [1.807, 2.05) is 24.3 Å². The predicted octanol–water partition coefficient (Wildman–Crippen LogP) is 1.59. The van der Waals surface area contributed by atoms with Crippen molar-refractivity contribution in [1.82, 2.24) is 16.0 Å². The number of carbonyl (C=O) groups is 3. The zero-order chi connectivity index (χ0) is 24.0. The summed E-state index contributed by atoms with van der Waals surface area (Å²) in [6, 6.07) is 13.1. The Hall–Kier alpha value is -2.94. The van der Waals surface area contributed by atoms with Gasteiger partial charge in [0.1, 0.15) is 0 Å². The fourth-order valence-corrected chi connectivity index (χ4v) is 4.00. The molecule has 1 aliphatic rings. The molecule has 33 heavy (non-hydrogen) atoms. The molecule has 2 aromatic carbocycles. The lowest BCUT2D eigenvalue weighted by molar-refractivity contribution is -0.144. The predicted molar refractivity (Wildman–Crippen MR) is 124 cm³/mol. The molecule has 3 rings (SSSR count). The van der Waals surface area contributed by atoms with Crippen molar-refractivity contribution in [2.24, 2.45) is 0 Å². The van der Waals surface area contributed by atoms with Crippen molar-refractivity contribution < 1.29 is 24.6 Å². The van der Waals surface area contributed by atoms with Gasteiger partial charge in [0.05, 0.1) is 12.1 Å². The molecule has 2 aromatic rings. The Morgan fingerprint density at radius 1 is 1.12 bits per heavy atom. The summed E-state index contributed by atoms with van der Waals surface area (Å²) in [4.78, 5) is 36.7. The SMILES string of the molecule is C[C@@H](O)[C@@H](NC(=O)C[C@@H](CNC(=O)[C@H]1Cc2ccccc2CN1)c1ccc(Cl)cc1)C(=O)O. The van der Waals surface area contributed by atoms with Gasteiger partial charge in [0, 0.05) is 30.5 Å². The average Bonchev–Trinajstić information content (AvgIpc) is 2.79. The van der Waals surface area contributed by atoms with E-state index in [9.17, 15) is 24.6 Å². The van der Waals surface area contributed by atoms with Crippen LogP contribution in [0.2, 0.25) is 5.02 Å². The van der Waals surface area contributed by atoms with Crippen molar-refractivity contribution in [3.8, 4) is 0 Å². The van der Waals surface area contributed by atoms with Crippen LogP contribution in [0.15, 0.2) is 48.5 Å². The van der Waals surface area contributed by atoms with Crippen LogP contribution >= 0.6 is 11.6 Å². The first-order valence-corrected chi connectivity index (χ1v) is 11.2. The lowest BCUT2D eigenvalue weighted by Gasteiger charge is -2.26. The third kappa shape index (κ3) is 6.77. The topological polar surface area (TPSA) is 128 Å². The lowest BCUT2D eigenvalue weighted by Crippen LogP contribution is -2.49. The second-order valence-electron chi connectivity index (χ2n) is 8.23. The molecule has 0 spiro atoms. The van der Waals surface area contributed by atoms with E-state index in [2.05, 4.69) is 16.0 Å². The summed E-state index contributed by atoms with van der Waals surface area (Å²) < 4.78 is 0. The zero-order valence-electron chi connectivity index (χ0n) is 18.3. The van der Waals surface area contributed by atoms with E-state index in [0.29, 0.717) is 18.0 Å². The Morgan fingerprint density at radius 2 is 1.79 bits per heavy atom. The van der Waals surface area contributed by atoms with Crippen LogP contribution < -0.4 is 16.0 Å². The van der Waals surface area contributed by atoms with Crippen LogP contribution in [0.5, 0.6) is 0 Å². The number of rotatable bonds is 9. The molecule has 0 unspecified atom stereocenters. The first-order valence-electron chi connectivity index (χ1n) is 10.8. The van der Waals surface area contributed by atoms with Crippen LogP contribution in [0.1, 0.15) is 36.0 Å². The molecule has 0 bridgehead atoms. The molecule has 2 amide bonds. The molecule has 5 N–H and O–H groups in total. The monoisotopic (exact) mass is 473 g/mol. The summed E-state index contributed by atoms with van der Waals surface area (Å²) >= 11 is 5.98. The number of benzene rings is 2. The molecule has 0 saturated carbocycles. The molecule has 1 heterocycles. The Kier molecular flexibility index (Phi) is 8.43. The molecule has 8 nitrogen and oxygen atoms in total. The third-order valence-electron chi connectivity index (χ3n) is 5.76. The van der Waals surface area contributed by atoms with Crippen LogP contribution in [0, 0.1) is 0 Å². The van der Waals surface area contributed by atoms with Gasteiger partial charge in [-0.1, -0.05) is 48.0 Å². The van der Waals surface area contributed by atoms with Crippen molar-refractivity contribution in [2.75, 3.05) is 6.54 Å². The summed E-state index contributed by atoms with van der Waals surface area (Å²) in [6.07, 6.45) is -0.748. The highest BCUT2D eigenvalue weighted by molar-refractivity contribution is 6.30. The smallest absolute Gasteiger partial charge is 0.328 e. The molecule has 1 aliphatic heterocycles. The van der Waals surface area contributed by atoms with E-state index in [1.165, 1.54) is 12.5 Å². The van der Waals surface area contributed by atoms with Crippen LogP contribution in [0.3, 0.4) is 0 Å². The largest absolute Gasteiger partial charge is 0.480 e. The van der Waals surface area contributed by atoms with Crippen molar-refractivity contribution in [3.63, 3.8) is 0 Å². The van der Waals surface area contributed by atoms with Crippen molar-refractivity contribution in [1.29, 1.82) is 0 Å². The molecule has 9 heteroatoms. The number of fused-ring (bicyclic) bond motifs is 1. The van der Waals surface area contributed by atoms with Gasteiger partial charge in [0.2, 0.25) is 11.8 Å². The summed E-state index contributed by atoms with van der Waals surface area (Å²) in [7, 11) is 0. The minimum atomic E-state index is -1.41. The number of carbonyl (C=O) groups excluding carboxylic acids is 2. The maximum absolute atomic E-state index is 12.8. The molecular weight excluding hydrogens is 446 g/mol. The Balaban J connectivity index is 1.66. The molecular formula is C24H28ClN3O5. The first kappa shape index (κ1) is 24.7. The second kappa shape index (κ2) is 11.3. The van der Waals surface area contributed by atoms with Gasteiger partial charge in [0.15, 0.2) is 6.04 Å². The van der Waals surface area contributed by atoms with Crippen LogP contribution in [-0.2, 0) is 27.3 Å². The summed E-state index contributed by atoms with van der Waals surface area (Å²) in [5, 5.41) is 27.9.